The molecule has 1 atom stereocenters. The number of fused-ring (bicyclic) bond motifs is 1. The fourth-order valence-electron chi connectivity index (χ4n) is 2.76. The summed E-state index contributed by atoms with van der Waals surface area (Å²) in [5.41, 5.74) is 0.769. The van der Waals surface area contributed by atoms with E-state index in [2.05, 4.69) is 22.1 Å². The van der Waals surface area contributed by atoms with Crippen LogP contribution in [0.5, 0.6) is 0 Å². The van der Waals surface area contributed by atoms with Crippen molar-refractivity contribution in [3.05, 3.63) is 34.4 Å². The van der Waals surface area contributed by atoms with Crippen molar-refractivity contribution < 1.29 is 0 Å². The van der Waals surface area contributed by atoms with Gasteiger partial charge in [0.25, 0.3) is 5.56 Å². The Morgan fingerprint density at radius 3 is 3.17 bits per heavy atom. The lowest BCUT2D eigenvalue weighted by Gasteiger charge is -2.31. The highest BCUT2D eigenvalue weighted by Gasteiger charge is 2.21. The SMILES string of the molecule is CN1CCCCC1Cc1n[nH]c2cccc(=O)n12. The molecule has 0 aromatic carbocycles. The van der Waals surface area contributed by atoms with Crippen molar-refractivity contribution in [3.8, 4) is 0 Å². The number of pyridine rings is 1. The highest BCUT2D eigenvalue weighted by molar-refractivity contribution is 5.37. The molecule has 96 valence electrons. The molecule has 5 nitrogen and oxygen atoms in total. The van der Waals surface area contributed by atoms with Crippen molar-refractivity contribution in [2.45, 2.75) is 31.7 Å². The molecule has 18 heavy (non-hydrogen) atoms. The number of aromatic amines is 1. The second kappa shape index (κ2) is 4.57. The Balaban J connectivity index is 1.93. The molecule has 0 saturated carbocycles. The van der Waals surface area contributed by atoms with Gasteiger partial charge in [-0.3, -0.25) is 9.89 Å². The zero-order valence-electron chi connectivity index (χ0n) is 10.6. The Kier molecular flexibility index (Phi) is 2.91. The van der Waals surface area contributed by atoms with E-state index in [0.717, 1.165) is 24.4 Å². The highest BCUT2D eigenvalue weighted by atomic mass is 16.1. The van der Waals surface area contributed by atoms with Crippen LogP contribution in [0.3, 0.4) is 0 Å². The lowest BCUT2D eigenvalue weighted by Crippen LogP contribution is -2.38. The fourth-order valence-corrected chi connectivity index (χ4v) is 2.76. The summed E-state index contributed by atoms with van der Waals surface area (Å²) < 4.78 is 1.68. The average Bonchev–Trinajstić information content (AvgIpc) is 2.77. The summed E-state index contributed by atoms with van der Waals surface area (Å²) in [6, 6.07) is 5.71. The van der Waals surface area contributed by atoms with E-state index in [1.165, 1.54) is 19.3 Å². The lowest BCUT2D eigenvalue weighted by molar-refractivity contribution is 0.182. The molecule has 1 unspecified atom stereocenters. The summed E-state index contributed by atoms with van der Waals surface area (Å²) in [4.78, 5) is 14.2. The van der Waals surface area contributed by atoms with Crippen LogP contribution in [0.4, 0.5) is 0 Å². The lowest BCUT2D eigenvalue weighted by atomic mass is 10.00. The van der Waals surface area contributed by atoms with Gasteiger partial charge in [0.1, 0.15) is 11.5 Å². The van der Waals surface area contributed by atoms with Gasteiger partial charge in [-0.05, 0) is 32.5 Å². The third-order valence-corrected chi connectivity index (χ3v) is 3.85. The zero-order valence-corrected chi connectivity index (χ0v) is 10.6. The van der Waals surface area contributed by atoms with E-state index in [1.807, 2.05) is 6.07 Å². The quantitative estimate of drug-likeness (QED) is 0.861. The molecule has 1 fully saturated rings. The van der Waals surface area contributed by atoms with Crippen LogP contribution in [-0.4, -0.2) is 39.1 Å². The van der Waals surface area contributed by atoms with Gasteiger partial charge in [-0.1, -0.05) is 12.5 Å². The summed E-state index contributed by atoms with van der Waals surface area (Å²) in [7, 11) is 2.15. The molecule has 0 spiro atoms. The largest absolute Gasteiger partial charge is 0.303 e. The van der Waals surface area contributed by atoms with E-state index in [1.54, 1.807) is 16.5 Å². The van der Waals surface area contributed by atoms with Crippen LogP contribution >= 0.6 is 0 Å². The van der Waals surface area contributed by atoms with Gasteiger partial charge in [0.2, 0.25) is 0 Å². The number of aromatic nitrogens is 3. The number of nitrogens with one attached hydrogen (secondary N) is 1. The predicted molar refractivity (Wildman–Crippen MR) is 69.8 cm³/mol. The Bertz CT molecular complexity index is 600. The first kappa shape index (κ1) is 11.5. The molecule has 2 aromatic heterocycles. The molecule has 1 aliphatic heterocycles. The van der Waals surface area contributed by atoms with Gasteiger partial charge in [0.15, 0.2) is 0 Å². The minimum absolute atomic E-state index is 0.00490. The number of hydrogen-bond donors (Lipinski definition) is 1. The van der Waals surface area contributed by atoms with Gasteiger partial charge >= 0.3 is 0 Å². The van der Waals surface area contributed by atoms with E-state index >= 15 is 0 Å². The van der Waals surface area contributed by atoms with E-state index in [-0.39, 0.29) is 5.56 Å². The van der Waals surface area contributed by atoms with Crippen LogP contribution < -0.4 is 5.56 Å². The first-order valence-corrected chi connectivity index (χ1v) is 6.51. The number of likely N-dealkylation sites (tertiary alicyclic amines) is 1. The maximum Gasteiger partial charge on any atom is 0.257 e. The molecular formula is C13H18N4O. The number of rotatable bonds is 2. The third kappa shape index (κ3) is 1.95. The van der Waals surface area contributed by atoms with Crippen LogP contribution in [0.2, 0.25) is 0 Å². The normalized spacial score (nSPS) is 21.5. The van der Waals surface area contributed by atoms with Crippen LogP contribution in [0, 0.1) is 0 Å². The first-order valence-electron chi connectivity index (χ1n) is 6.51. The molecule has 0 bridgehead atoms. The monoisotopic (exact) mass is 246 g/mol. The number of hydrogen-bond acceptors (Lipinski definition) is 3. The Labute approximate surface area is 105 Å². The van der Waals surface area contributed by atoms with E-state index in [0.29, 0.717) is 6.04 Å². The molecular weight excluding hydrogens is 228 g/mol. The summed E-state index contributed by atoms with van der Waals surface area (Å²) in [5.74, 6) is 0.842. The van der Waals surface area contributed by atoms with Gasteiger partial charge in [-0.15, -0.1) is 0 Å². The molecule has 2 aromatic rings. The van der Waals surface area contributed by atoms with Crippen molar-refractivity contribution in [1.29, 1.82) is 0 Å². The van der Waals surface area contributed by atoms with Crippen LogP contribution in [0.1, 0.15) is 25.1 Å². The van der Waals surface area contributed by atoms with Gasteiger partial charge in [0.05, 0.1) is 0 Å². The molecule has 1 N–H and O–H groups in total. The van der Waals surface area contributed by atoms with Gasteiger partial charge in [0, 0.05) is 18.5 Å². The molecule has 3 heterocycles. The van der Waals surface area contributed by atoms with Crippen molar-refractivity contribution in [1.82, 2.24) is 19.5 Å². The summed E-state index contributed by atoms with van der Waals surface area (Å²) in [5, 5.41) is 7.22. The molecule has 0 radical (unpaired) electrons. The standard InChI is InChI=1S/C13H18N4O/c1-16-8-3-2-5-10(16)9-12-15-14-11-6-4-7-13(18)17(11)12/h4,6-7,10,14H,2-3,5,8-9H2,1H3. The fraction of sp³-hybridized carbons (Fsp3) is 0.538. The Morgan fingerprint density at radius 1 is 1.44 bits per heavy atom. The summed E-state index contributed by atoms with van der Waals surface area (Å²) in [6.45, 7) is 1.14. The van der Waals surface area contributed by atoms with Gasteiger partial charge < -0.3 is 4.90 Å². The highest BCUT2D eigenvalue weighted by Crippen LogP contribution is 2.18. The van der Waals surface area contributed by atoms with Crippen molar-refractivity contribution >= 4 is 5.65 Å². The topological polar surface area (TPSA) is 53.4 Å². The zero-order chi connectivity index (χ0) is 12.5. The van der Waals surface area contributed by atoms with Crippen LogP contribution in [0.15, 0.2) is 23.0 Å². The minimum atomic E-state index is -0.00490. The van der Waals surface area contributed by atoms with Gasteiger partial charge in [-0.2, -0.15) is 5.10 Å². The average molecular weight is 246 g/mol. The van der Waals surface area contributed by atoms with Crippen LogP contribution in [-0.2, 0) is 6.42 Å². The Hall–Kier alpha value is -1.62. The van der Waals surface area contributed by atoms with Crippen molar-refractivity contribution in [3.63, 3.8) is 0 Å². The van der Waals surface area contributed by atoms with Crippen molar-refractivity contribution in [2.24, 2.45) is 0 Å². The van der Waals surface area contributed by atoms with E-state index in [4.69, 9.17) is 0 Å². The van der Waals surface area contributed by atoms with Crippen LogP contribution in [0.25, 0.3) is 5.65 Å². The number of likely N-dealkylation sites (N-methyl/N-ethyl adjacent to an activating group) is 1. The summed E-state index contributed by atoms with van der Waals surface area (Å²) in [6.07, 6.45) is 4.56. The molecule has 3 rings (SSSR count). The second-order valence-corrected chi connectivity index (χ2v) is 5.06. The smallest absolute Gasteiger partial charge is 0.257 e. The number of H-pyrrole nitrogens is 1. The van der Waals surface area contributed by atoms with Gasteiger partial charge in [-0.25, -0.2) is 4.40 Å². The van der Waals surface area contributed by atoms with Crippen molar-refractivity contribution in [2.75, 3.05) is 13.6 Å². The van der Waals surface area contributed by atoms with E-state index < -0.39 is 0 Å². The third-order valence-electron chi connectivity index (χ3n) is 3.85. The minimum Gasteiger partial charge on any atom is -0.303 e. The maximum absolute atomic E-state index is 11.9. The molecule has 0 amide bonds. The second-order valence-electron chi connectivity index (χ2n) is 5.06. The summed E-state index contributed by atoms with van der Waals surface area (Å²) >= 11 is 0. The molecule has 0 aliphatic carbocycles. The molecule has 1 saturated heterocycles. The Morgan fingerprint density at radius 2 is 2.33 bits per heavy atom. The first-order chi connectivity index (χ1) is 8.75. The number of nitrogens with zero attached hydrogens (tertiary/aromatic N) is 3. The maximum atomic E-state index is 11.9. The molecule has 5 heteroatoms. The van der Waals surface area contributed by atoms with E-state index in [9.17, 15) is 4.79 Å². The molecule has 1 aliphatic rings. The number of piperidine rings is 1. The predicted octanol–water partition coefficient (Wildman–Crippen LogP) is 1.05.